The Bertz CT molecular complexity index is 2000. The molecule has 0 aliphatic heterocycles. The van der Waals surface area contributed by atoms with Gasteiger partial charge in [-0.25, -0.2) is 4.98 Å². The first kappa shape index (κ1) is 31.3. The molecule has 0 spiro atoms. The number of amides is 2. The van der Waals surface area contributed by atoms with Crippen molar-refractivity contribution >= 4 is 68.3 Å². The summed E-state index contributed by atoms with van der Waals surface area (Å²) in [6, 6.07) is 29.5. The predicted octanol–water partition coefficient (Wildman–Crippen LogP) is 8.02. The fraction of sp³-hybridized carbons (Fsp3) is 0.0938. The maximum absolute atomic E-state index is 13.2. The van der Waals surface area contributed by atoms with Gasteiger partial charge in [-0.05, 0) is 42.5 Å². The number of thiazole rings is 1. The van der Waals surface area contributed by atoms with E-state index in [0.717, 1.165) is 33.8 Å². The summed E-state index contributed by atoms with van der Waals surface area (Å²) in [5.74, 6) is -0.170. The molecule has 2 N–H and O–H groups in total. The van der Waals surface area contributed by atoms with E-state index in [4.69, 9.17) is 0 Å². The Labute approximate surface area is 273 Å². The molecule has 0 atom stereocenters. The van der Waals surface area contributed by atoms with Crippen LogP contribution in [-0.4, -0.2) is 43.1 Å². The first-order valence-corrected chi connectivity index (χ1v) is 16.5. The number of carbonyl (C=O) groups is 2. The third-order valence-electron chi connectivity index (χ3n) is 6.50. The summed E-state index contributed by atoms with van der Waals surface area (Å²) in [5, 5.41) is 14.6. The Morgan fingerprint density at radius 3 is 2.22 bits per heavy atom. The maximum Gasteiger partial charge on any atom is 0.418 e. The van der Waals surface area contributed by atoms with Crippen molar-refractivity contribution in [2.45, 2.75) is 15.7 Å². The van der Waals surface area contributed by atoms with Gasteiger partial charge in [0, 0.05) is 16.9 Å². The van der Waals surface area contributed by atoms with Gasteiger partial charge in [-0.2, -0.15) is 13.2 Å². The number of halogens is 3. The number of hydrogen-bond donors (Lipinski definition) is 2. The smallest absolute Gasteiger partial charge is 0.325 e. The van der Waals surface area contributed by atoms with Gasteiger partial charge in [0.15, 0.2) is 15.3 Å². The molecule has 6 rings (SSSR count). The average Bonchev–Trinajstić information content (AvgIpc) is 3.67. The quantitative estimate of drug-likeness (QED) is 0.142. The molecule has 0 bridgehead atoms. The van der Waals surface area contributed by atoms with Crippen LogP contribution in [0.15, 0.2) is 113 Å². The summed E-state index contributed by atoms with van der Waals surface area (Å²) < 4.78 is 43.0. The van der Waals surface area contributed by atoms with Crippen LogP contribution in [0, 0.1) is 0 Å². The highest BCUT2D eigenvalue weighted by molar-refractivity contribution is 8.01. The van der Waals surface area contributed by atoms with E-state index in [0.29, 0.717) is 26.5 Å². The van der Waals surface area contributed by atoms with Crippen molar-refractivity contribution in [2.75, 3.05) is 22.1 Å². The monoisotopic (exact) mass is 676 g/mol. The summed E-state index contributed by atoms with van der Waals surface area (Å²) in [4.78, 5) is 29.9. The van der Waals surface area contributed by atoms with Gasteiger partial charge in [-0.1, -0.05) is 84.2 Å². The molecular formula is C32H23F3N6O2S3. The second-order valence-corrected chi connectivity index (χ2v) is 12.9. The van der Waals surface area contributed by atoms with E-state index in [2.05, 4.69) is 25.8 Å². The molecule has 232 valence electrons. The number of anilines is 2. The normalized spacial score (nSPS) is 11.5. The van der Waals surface area contributed by atoms with Gasteiger partial charge < -0.3 is 10.6 Å². The number of hydrogen-bond acceptors (Lipinski definition) is 8. The Morgan fingerprint density at radius 1 is 0.783 bits per heavy atom. The summed E-state index contributed by atoms with van der Waals surface area (Å²) in [7, 11) is 0. The summed E-state index contributed by atoms with van der Waals surface area (Å²) >= 11 is 3.71. The number of thioether (sulfide) groups is 2. The SMILES string of the molecule is O=C(CSc1nnc(-c2ccccc2)n1-c1ccccc1)Nc1ccc2nc(SCC(=O)Nc3ccccc3C(F)(F)F)sc2c1. The van der Waals surface area contributed by atoms with Gasteiger partial charge in [0.1, 0.15) is 0 Å². The molecule has 0 fully saturated rings. The molecule has 0 saturated carbocycles. The largest absolute Gasteiger partial charge is 0.418 e. The van der Waals surface area contributed by atoms with Crippen LogP contribution in [-0.2, 0) is 15.8 Å². The zero-order valence-corrected chi connectivity index (χ0v) is 26.1. The molecule has 4 aromatic carbocycles. The minimum absolute atomic E-state index is 0.0914. The van der Waals surface area contributed by atoms with Crippen LogP contribution in [0.1, 0.15) is 5.56 Å². The number of para-hydroxylation sites is 2. The van der Waals surface area contributed by atoms with Crippen LogP contribution >= 0.6 is 34.9 Å². The first-order chi connectivity index (χ1) is 22.2. The number of aromatic nitrogens is 4. The molecule has 0 unspecified atom stereocenters. The third-order valence-corrected chi connectivity index (χ3v) is 9.59. The molecule has 0 aliphatic rings. The van der Waals surface area contributed by atoms with Crippen molar-refractivity contribution in [1.29, 1.82) is 0 Å². The number of carbonyl (C=O) groups excluding carboxylic acids is 2. The molecule has 2 aromatic heterocycles. The van der Waals surface area contributed by atoms with Gasteiger partial charge in [0.05, 0.1) is 33.0 Å². The summed E-state index contributed by atoms with van der Waals surface area (Å²) in [5.41, 5.74) is 1.83. The number of nitrogens with one attached hydrogen (secondary N) is 2. The fourth-order valence-corrected chi connectivity index (χ4v) is 7.13. The lowest BCUT2D eigenvalue weighted by Crippen LogP contribution is -2.18. The van der Waals surface area contributed by atoms with Crippen molar-refractivity contribution in [1.82, 2.24) is 19.7 Å². The maximum atomic E-state index is 13.2. The lowest BCUT2D eigenvalue weighted by molar-refractivity contribution is -0.137. The molecule has 14 heteroatoms. The van der Waals surface area contributed by atoms with Crippen molar-refractivity contribution in [3.05, 3.63) is 109 Å². The molecule has 0 radical (unpaired) electrons. The highest BCUT2D eigenvalue weighted by Gasteiger charge is 2.33. The van der Waals surface area contributed by atoms with E-state index >= 15 is 0 Å². The second-order valence-electron chi connectivity index (χ2n) is 9.72. The molecular weight excluding hydrogens is 654 g/mol. The van der Waals surface area contributed by atoms with Crippen molar-refractivity contribution in [3.8, 4) is 17.1 Å². The average molecular weight is 677 g/mol. The standard InChI is InChI=1S/C32H23F3N6O2S3/c33-32(34,35)23-13-7-8-14-24(23)37-28(43)19-45-31-38-25-16-15-21(17-26(25)46-31)36-27(42)18-44-30-40-39-29(20-9-3-1-4-10-20)41(30)22-11-5-2-6-12-22/h1-17H,18-19H2,(H,36,42)(H,37,43). The summed E-state index contributed by atoms with van der Waals surface area (Å²) in [6.45, 7) is 0. The Hall–Kier alpha value is -4.66. The summed E-state index contributed by atoms with van der Waals surface area (Å²) in [6.07, 6.45) is -4.58. The zero-order valence-electron chi connectivity index (χ0n) is 23.7. The van der Waals surface area contributed by atoms with E-state index in [1.54, 1.807) is 18.2 Å². The number of alkyl halides is 3. The molecule has 46 heavy (non-hydrogen) atoms. The van der Waals surface area contributed by atoms with Crippen molar-refractivity contribution in [2.24, 2.45) is 0 Å². The third kappa shape index (κ3) is 7.41. The molecule has 6 aromatic rings. The fourth-order valence-electron chi connectivity index (χ4n) is 4.47. The van der Waals surface area contributed by atoms with E-state index in [-0.39, 0.29) is 23.1 Å². The first-order valence-electron chi connectivity index (χ1n) is 13.7. The molecule has 8 nitrogen and oxygen atoms in total. The molecule has 2 heterocycles. The Kier molecular flexibility index (Phi) is 9.38. The highest BCUT2D eigenvalue weighted by atomic mass is 32.2. The van der Waals surface area contributed by atoms with E-state index < -0.39 is 17.6 Å². The van der Waals surface area contributed by atoms with Crippen LogP contribution < -0.4 is 10.6 Å². The van der Waals surface area contributed by atoms with Crippen LogP contribution in [0.4, 0.5) is 24.5 Å². The molecule has 0 aliphatic carbocycles. The highest BCUT2D eigenvalue weighted by Crippen LogP contribution is 2.35. The topological polar surface area (TPSA) is 102 Å². The lowest BCUT2D eigenvalue weighted by Gasteiger charge is -2.13. The minimum Gasteiger partial charge on any atom is -0.325 e. The van der Waals surface area contributed by atoms with E-state index in [9.17, 15) is 22.8 Å². The van der Waals surface area contributed by atoms with E-state index in [1.165, 1.54) is 41.3 Å². The van der Waals surface area contributed by atoms with Gasteiger partial charge in [0.25, 0.3) is 0 Å². The number of nitrogens with zero attached hydrogens (tertiary/aromatic N) is 4. The lowest BCUT2D eigenvalue weighted by atomic mass is 10.1. The Morgan fingerprint density at radius 2 is 1.46 bits per heavy atom. The zero-order chi connectivity index (χ0) is 32.1. The van der Waals surface area contributed by atoms with Gasteiger partial charge in [0.2, 0.25) is 11.8 Å². The van der Waals surface area contributed by atoms with Gasteiger partial charge in [-0.3, -0.25) is 14.2 Å². The van der Waals surface area contributed by atoms with Crippen LogP contribution in [0.3, 0.4) is 0 Å². The van der Waals surface area contributed by atoms with Gasteiger partial charge in [-0.15, -0.1) is 21.5 Å². The van der Waals surface area contributed by atoms with E-state index in [1.807, 2.05) is 65.2 Å². The Balaban J connectivity index is 1.08. The van der Waals surface area contributed by atoms with Gasteiger partial charge >= 0.3 is 6.18 Å². The second kappa shape index (κ2) is 13.8. The predicted molar refractivity (Wildman–Crippen MR) is 177 cm³/mol. The molecule has 0 saturated heterocycles. The van der Waals surface area contributed by atoms with Crippen molar-refractivity contribution < 1.29 is 22.8 Å². The molecule has 2 amide bonds. The number of benzene rings is 4. The van der Waals surface area contributed by atoms with Crippen LogP contribution in [0.2, 0.25) is 0 Å². The number of rotatable bonds is 10. The van der Waals surface area contributed by atoms with Crippen molar-refractivity contribution in [3.63, 3.8) is 0 Å². The van der Waals surface area contributed by atoms with Crippen LogP contribution in [0.25, 0.3) is 27.3 Å². The number of fused-ring (bicyclic) bond motifs is 1. The van der Waals surface area contributed by atoms with Crippen LogP contribution in [0.5, 0.6) is 0 Å². The minimum atomic E-state index is -4.58.